The lowest BCUT2D eigenvalue weighted by atomic mass is 9.94. The Morgan fingerprint density at radius 3 is 2.32 bits per heavy atom. The van der Waals surface area contributed by atoms with Crippen LogP contribution >= 0.6 is 0 Å². The number of anilines is 1. The minimum Gasteiger partial charge on any atom is -0.398 e. The molecular formula is C15H16N2O2. The summed E-state index contributed by atoms with van der Waals surface area (Å²) < 4.78 is 0. The van der Waals surface area contributed by atoms with Crippen LogP contribution in [0.2, 0.25) is 0 Å². The minimum atomic E-state index is -0.377. The Morgan fingerprint density at radius 2 is 1.79 bits per heavy atom. The maximum Gasteiger partial charge on any atom is 0.270 e. The molecule has 0 aliphatic carbocycles. The summed E-state index contributed by atoms with van der Waals surface area (Å²) in [6.45, 7) is 3.95. The van der Waals surface area contributed by atoms with E-state index < -0.39 is 0 Å². The highest BCUT2D eigenvalue weighted by molar-refractivity contribution is 5.81. The van der Waals surface area contributed by atoms with Crippen LogP contribution in [0.5, 0.6) is 0 Å². The predicted molar refractivity (Wildman–Crippen MR) is 77.0 cm³/mol. The van der Waals surface area contributed by atoms with Gasteiger partial charge in [0.05, 0.1) is 4.92 Å². The third kappa shape index (κ3) is 2.57. The van der Waals surface area contributed by atoms with Crippen molar-refractivity contribution >= 4 is 11.4 Å². The highest BCUT2D eigenvalue weighted by Crippen LogP contribution is 2.36. The van der Waals surface area contributed by atoms with Crippen molar-refractivity contribution in [3.63, 3.8) is 0 Å². The molecule has 4 heteroatoms. The van der Waals surface area contributed by atoms with Crippen molar-refractivity contribution in [1.82, 2.24) is 0 Å². The molecule has 0 aliphatic heterocycles. The number of rotatable bonds is 3. The van der Waals surface area contributed by atoms with Crippen molar-refractivity contribution in [1.29, 1.82) is 0 Å². The SMILES string of the molecule is CC(C)c1cc([N+](=O)[O-])cc(-c2ccccc2)c1N. The molecule has 19 heavy (non-hydrogen) atoms. The largest absolute Gasteiger partial charge is 0.398 e. The zero-order valence-corrected chi connectivity index (χ0v) is 11.0. The van der Waals surface area contributed by atoms with Gasteiger partial charge in [-0.05, 0) is 17.0 Å². The van der Waals surface area contributed by atoms with Crippen LogP contribution in [0.4, 0.5) is 11.4 Å². The molecule has 0 fully saturated rings. The summed E-state index contributed by atoms with van der Waals surface area (Å²) >= 11 is 0. The van der Waals surface area contributed by atoms with E-state index in [0.29, 0.717) is 5.69 Å². The van der Waals surface area contributed by atoms with Crippen LogP contribution in [-0.2, 0) is 0 Å². The highest BCUT2D eigenvalue weighted by atomic mass is 16.6. The van der Waals surface area contributed by atoms with Crippen molar-refractivity contribution in [2.75, 3.05) is 5.73 Å². The van der Waals surface area contributed by atoms with Crippen LogP contribution in [-0.4, -0.2) is 4.92 Å². The monoisotopic (exact) mass is 256 g/mol. The van der Waals surface area contributed by atoms with Crippen molar-refractivity contribution in [2.24, 2.45) is 0 Å². The molecule has 0 unspecified atom stereocenters. The second-order valence-electron chi connectivity index (χ2n) is 4.77. The van der Waals surface area contributed by atoms with Crippen LogP contribution in [0.1, 0.15) is 25.3 Å². The second kappa shape index (κ2) is 5.10. The quantitative estimate of drug-likeness (QED) is 0.513. The van der Waals surface area contributed by atoms with Crippen LogP contribution in [0, 0.1) is 10.1 Å². The fourth-order valence-corrected chi connectivity index (χ4v) is 2.10. The fourth-order valence-electron chi connectivity index (χ4n) is 2.10. The van der Waals surface area contributed by atoms with Gasteiger partial charge in [0.15, 0.2) is 0 Å². The molecule has 0 bridgehead atoms. The van der Waals surface area contributed by atoms with Gasteiger partial charge >= 0.3 is 0 Å². The summed E-state index contributed by atoms with van der Waals surface area (Å²) in [5.41, 5.74) is 9.29. The zero-order chi connectivity index (χ0) is 14.0. The van der Waals surface area contributed by atoms with Gasteiger partial charge in [-0.25, -0.2) is 0 Å². The number of nitrogens with zero attached hydrogens (tertiary/aromatic N) is 1. The lowest BCUT2D eigenvalue weighted by molar-refractivity contribution is -0.384. The smallest absolute Gasteiger partial charge is 0.270 e. The van der Waals surface area contributed by atoms with E-state index in [1.807, 2.05) is 44.2 Å². The molecule has 0 saturated heterocycles. The molecule has 0 spiro atoms. The van der Waals surface area contributed by atoms with Crippen molar-refractivity contribution in [3.05, 3.63) is 58.1 Å². The number of nitrogen functional groups attached to an aromatic ring is 1. The molecule has 0 radical (unpaired) electrons. The van der Waals surface area contributed by atoms with Crippen LogP contribution in [0.25, 0.3) is 11.1 Å². The van der Waals surface area contributed by atoms with Crippen molar-refractivity contribution in [2.45, 2.75) is 19.8 Å². The predicted octanol–water partition coefficient (Wildman–Crippen LogP) is 3.97. The van der Waals surface area contributed by atoms with Crippen LogP contribution in [0.3, 0.4) is 0 Å². The van der Waals surface area contributed by atoms with E-state index in [1.165, 1.54) is 6.07 Å². The molecule has 2 aromatic rings. The summed E-state index contributed by atoms with van der Waals surface area (Å²) in [5, 5.41) is 11.0. The molecule has 0 aliphatic rings. The zero-order valence-electron chi connectivity index (χ0n) is 11.0. The standard InChI is InChI=1S/C15H16N2O2/c1-10(2)13-8-12(17(18)19)9-14(15(13)16)11-6-4-3-5-7-11/h3-10H,16H2,1-2H3. The summed E-state index contributed by atoms with van der Waals surface area (Å²) in [6.07, 6.45) is 0. The van der Waals surface area contributed by atoms with Gasteiger partial charge in [-0.2, -0.15) is 0 Å². The number of nitrogens with two attached hydrogens (primary N) is 1. The van der Waals surface area contributed by atoms with E-state index >= 15 is 0 Å². The van der Waals surface area contributed by atoms with Gasteiger partial charge in [0, 0.05) is 23.4 Å². The number of non-ortho nitro benzene ring substituents is 1. The van der Waals surface area contributed by atoms with Gasteiger partial charge in [-0.3, -0.25) is 10.1 Å². The first-order chi connectivity index (χ1) is 9.00. The second-order valence-corrected chi connectivity index (χ2v) is 4.77. The first kappa shape index (κ1) is 13.1. The number of nitro benzene ring substituents is 1. The van der Waals surface area contributed by atoms with E-state index in [0.717, 1.165) is 16.7 Å². The Labute approximate surface area is 112 Å². The number of hydrogen-bond donors (Lipinski definition) is 1. The molecule has 2 rings (SSSR count). The Kier molecular flexibility index (Phi) is 3.51. The third-order valence-electron chi connectivity index (χ3n) is 3.11. The first-order valence-electron chi connectivity index (χ1n) is 6.14. The average molecular weight is 256 g/mol. The summed E-state index contributed by atoms with van der Waals surface area (Å²) in [7, 11) is 0. The Morgan fingerprint density at radius 1 is 1.16 bits per heavy atom. The molecular weight excluding hydrogens is 240 g/mol. The molecule has 2 aromatic carbocycles. The molecule has 98 valence electrons. The molecule has 0 atom stereocenters. The first-order valence-corrected chi connectivity index (χ1v) is 6.14. The lowest BCUT2D eigenvalue weighted by Gasteiger charge is -2.14. The Hall–Kier alpha value is -2.36. The van der Waals surface area contributed by atoms with Crippen molar-refractivity contribution < 1.29 is 4.92 Å². The minimum absolute atomic E-state index is 0.0803. The van der Waals surface area contributed by atoms with Gasteiger partial charge in [-0.15, -0.1) is 0 Å². The van der Waals surface area contributed by atoms with Gasteiger partial charge in [0.2, 0.25) is 0 Å². The topological polar surface area (TPSA) is 69.2 Å². The molecule has 0 saturated carbocycles. The van der Waals surface area contributed by atoms with Gasteiger partial charge in [0.1, 0.15) is 0 Å². The van der Waals surface area contributed by atoms with Crippen molar-refractivity contribution in [3.8, 4) is 11.1 Å². The van der Waals surface area contributed by atoms with E-state index in [-0.39, 0.29) is 16.5 Å². The summed E-state index contributed by atoms with van der Waals surface area (Å²) in [5.74, 6) is 0.141. The van der Waals surface area contributed by atoms with E-state index in [4.69, 9.17) is 5.73 Å². The molecule has 0 aromatic heterocycles. The molecule has 2 N–H and O–H groups in total. The normalized spacial score (nSPS) is 10.7. The highest BCUT2D eigenvalue weighted by Gasteiger charge is 2.17. The number of nitro groups is 1. The number of benzene rings is 2. The van der Waals surface area contributed by atoms with Gasteiger partial charge < -0.3 is 5.73 Å². The maximum absolute atomic E-state index is 11.0. The molecule has 0 amide bonds. The average Bonchev–Trinajstić information content (AvgIpc) is 2.39. The van der Waals surface area contributed by atoms with E-state index in [9.17, 15) is 10.1 Å². The molecule has 0 heterocycles. The summed E-state index contributed by atoms with van der Waals surface area (Å²) in [4.78, 5) is 10.7. The summed E-state index contributed by atoms with van der Waals surface area (Å²) in [6, 6.07) is 12.6. The van der Waals surface area contributed by atoms with Crippen LogP contribution in [0.15, 0.2) is 42.5 Å². The fraction of sp³-hybridized carbons (Fsp3) is 0.200. The maximum atomic E-state index is 11.0. The van der Waals surface area contributed by atoms with Crippen LogP contribution < -0.4 is 5.73 Å². The molecule has 4 nitrogen and oxygen atoms in total. The van der Waals surface area contributed by atoms with E-state index in [1.54, 1.807) is 6.07 Å². The Balaban J connectivity index is 2.69. The lowest BCUT2D eigenvalue weighted by Crippen LogP contribution is -2.01. The number of hydrogen-bond acceptors (Lipinski definition) is 3. The van der Waals surface area contributed by atoms with Gasteiger partial charge in [0.25, 0.3) is 5.69 Å². The third-order valence-corrected chi connectivity index (χ3v) is 3.11. The Bertz CT molecular complexity index is 607. The van der Waals surface area contributed by atoms with Gasteiger partial charge in [-0.1, -0.05) is 44.2 Å². The van der Waals surface area contributed by atoms with E-state index in [2.05, 4.69) is 0 Å².